The molecule has 0 saturated heterocycles. The molecule has 0 unspecified atom stereocenters. The van der Waals surface area contributed by atoms with Gasteiger partial charge in [-0.1, -0.05) is 0 Å². The Balaban J connectivity index is 1.81. The zero-order valence-corrected chi connectivity index (χ0v) is 16.3. The van der Waals surface area contributed by atoms with Crippen LogP contribution in [0.2, 0.25) is 0 Å². The fraction of sp³-hybridized carbons (Fsp3) is 0.174. The zero-order chi connectivity index (χ0) is 20.7. The van der Waals surface area contributed by atoms with E-state index in [0.717, 1.165) is 33.5 Å². The number of benzene rings is 2. The summed E-state index contributed by atoms with van der Waals surface area (Å²) < 4.78 is 20.1. The van der Waals surface area contributed by atoms with Crippen LogP contribution >= 0.6 is 0 Å². The number of aromatic nitrogens is 2. The van der Waals surface area contributed by atoms with Gasteiger partial charge in [-0.25, -0.2) is 9.18 Å². The van der Waals surface area contributed by atoms with E-state index in [9.17, 15) is 14.4 Å². The number of fused-ring (bicyclic) bond motifs is 1. The van der Waals surface area contributed by atoms with Gasteiger partial charge in [0.2, 0.25) is 0 Å². The highest BCUT2D eigenvalue weighted by Crippen LogP contribution is 2.28. The smallest absolute Gasteiger partial charge is 0.408 e. The van der Waals surface area contributed by atoms with Crippen molar-refractivity contribution in [2.75, 3.05) is 0 Å². The van der Waals surface area contributed by atoms with E-state index in [1.807, 2.05) is 39.0 Å². The summed E-state index contributed by atoms with van der Waals surface area (Å²) in [4.78, 5) is 16.9. The zero-order valence-electron chi connectivity index (χ0n) is 16.3. The Morgan fingerprint density at radius 1 is 1.10 bits per heavy atom. The summed E-state index contributed by atoms with van der Waals surface area (Å²) in [6, 6.07) is 11.9. The van der Waals surface area contributed by atoms with Crippen molar-refractivity contribution in [1.29, 1.82) is 5.26 Å². The molecule has 2 aromatic heterocycles. The Morgan fingerprint density at radius 2 is 1.83 bits per heavy atom. The van der Waals surface area contributed by atoms with E-state index < -0.39 is 11.6 Å². The Morgan fingerprint density at radius 3 is 2.52 bits per heavy atom. The Labute approximate surface area is 166 Å². The van der Waals surface area contributed by atoms with Gasteiger partial charge in [-0.15, -0.1) is 0 Å². The van der Waals surface area contributed by atoms with E-state index in [2.05, 4.69) is 11.1 Å². The fourth-order valence-electron chi connectivity index (χ4n) is 3.66. The first-order valence-corrected chi connectivity index (χ1v) is 9.13. The van der Waals surface area contributed by atoms with Gasteiger partial charge in [-0.3, -0.25) is 9.55 Å². The van der Waals surface area contributed by atoms with Crippen LogP contribution in [0.15, 0.2) is 51.8 Å². The summed E-state index contributed by atoms with van der Waals surface area (Å²) in [5.41, 5.74) is 6.89. The van der Waals surface area contributed by atoms with Crippen LogP contribution in [-0.2, 0) is 6.54 Å². The molecular weight excluding hydrogens is 369 g/mol. The second-order valence-corrected chi connectivity index (χ2v) is 7.16. The summed E-state index contributed by atoms with van der Waals surface area (Å²) in [7, 11) is 0. The number of hydrogen-bond donors (Lipinski definition) is 0. The molecule has 4 aromatic rings. The second kappa shape index (κ2) is 7.02. The largest absolute Gasteiger partial charge is 0.420 e. The monoisotopic (exact) mass is 387 g/mol. The van der Waals surface area contributed by atoms with E-state index in [1.54, 1.807) is 12.3 Å². The van der Waals surface area contributed by atoms with E-state index in [4.69, 9.17) is 4.42 Å². The second-order valence-electron chi connectivity index (χ2n) is 7.16. The summed E-state index contributed by atoms with van der Waals surface area (Å²) in [5, 5.41) is 9.17. The maximum atomic E-state index is 13.4. The van der Waals surface area contributed by atoms with Gasteiger partial charge in [0, 0.05) is 17.8 Å². The molecule has 0 fully saturated rings. The first kappa shape index (κ1) is 18.6. The number of aryl methyl sites for hydroxylation is 3. The lowest BCUT2D eigenvalue weighted by Crippen LogP contribution is -2.15. The van der Waals surface area contributed by atoms with Crippen molar-refractivity contribution in [3.05, 3.63) is 86.8 Å². The van der Waals surface area contributed by atoms with Gasteiger partial charge >= 0.3 is 5.76 Å². The molecule has 0 N–H and O–H groups in total. The summed E-state index contributed by atoms with van der Waals surface area (Å²) in [6.45, 7) is 6.12. The molecular formula is C23H18FN3O2. The molecule has 29 heavy (non-hydrogen) atoms. The molecule has 144 valence electrons. The van der Waals surface area contributed by atoms with E-state index >= 15 is 0 Å². The predicted octanol–water partition coefficient (Wildman–Crippen LogP) is 4.64. The van der Waals surface area contributed by atoms with E-state index in [1.165, 1.54) is 16.7 Å². The highest BCUT2D eigenvalue weighted by Gasteiger charge is 2.14. The molecule has 0 aliphatic heterocycles. The van der Waals surface area contributed by atoms with Crippen molar-refractivity contribution in [2.45, 2.75) is 27.3 Å². The molecule has 0 aliphatic carbocycles. The minimum Gasteiger partial charge on any atom is -0.408 e. The van der Waals surface area contributed by atoms with E-state index in [0.29, 0.717) is 11.1 Å². The summed E-state index contributed by atoms with van der Waals surface area (Å²) >= 11 is 0. The van der Waals surface area contributed by atoms with Crippen LogP contribution in [0, 0.1) is 37.9 Å². The Hall–Kier alpha value is -3.72. The number of nitrogens with zero attached hydrogens (tertiary/aromatic N) is 3. The number of hydrogen-bond acceptors (Lipinski definition) is 4. The molecule has 5 nitrogen and oxygen atoms in total. The average molecular weight is 387 g/mol. The van der Waals surface area contributed by atoms with Crippen molar-refractivity contribution >= 4 is 11.1 Å². The van der Waals surface area contributed by atoms with Gasteiger partial charge in [0.15, 0.2) is 5.58 Å². The third-order valence-electron chi connectivity index (χ3n) is 5.09. The quantitative estimate of drug-likeness (QED) is 0.513. The van der Waals surface area contributed by atoms with Crippen LogP contribution in [0.25, 0.3) is 22.4 Å². The number of rotatable bonds is 3. The minimum absolute atomic E-state index is 0.223. The van der Waals surface area contributed by atoms with Gasteiger partial charge in [-0.05, 0) is 73.4 Å². The maximum absolute atomic E-state index is 13.4. The normalized spacial score (nSPS) is 11.0. The SMILES string of the molecule is Cc1cnc(-c2c(C)cc(C#N)cc2C)cc1Cn1c(=O)oc2cc(F)ccc21. The maximum Gasteiger partial charge on any atom is 0.420 e. The molecule has 2 heterocycles. The summed E-state index contributed by atoms with van der Waals surface area (Å²) in [6.07, 6.45) is 1.77. The molecule has 0 atom stereocenters. The highest BCUT2D eigenvalue weighted by molar-refractivity contribution is 5.73. The van der Waals surface area contributed by atoms with Gasteiger partial charge in [0.05, 0.1) is 29.4 Å². The van der Waals surface area contributed by atoms with Gasteiger partial charge < -0.3 is 4.42 Å². The molecule has 4 rings (SSSR count). The van der Waals surface area contributed by atoms with Gasteiger partial charge in [-0.2, -0.15) is 5.26 Å². The third kappa shape index (κ3) is 3.32. The lowest BCUT2D eigenvalue weighted by Gasteiger charge is -2.13. The van der Waals surface area contributed by atoms with Gasteiger partial charge in [0.1, 0.15) is 5.82 Å². The lowest BCUT2D eigenvalue weighted by atomic mass is 9.95. The number of halogens is 1. The molecule has 6 heteroatoms. The molecule has 0 saturated carbocycles. The van der Waals surface area contributed by atoms with Crippen LogP contribution in [-0.4, -0.2) is 9.55 Å². The molecule has 0 amide bonds. The van der Waals surface area contributed by atoms with Crippen molar-refractivity contribution in [2.24, 2.45) is 0 Å². The topological polar surface area (TPSA) is 71.8 Å². The molecule has 0 spiro atoms. The van der Waals surface area contributed by atoms with Crippen molar-refractivity contribution < 1.29 is 8.81 Å². The van der Waals surface area contributed by atoms with Crippen LogP contribution in [0.4, 0.5) is 4.39 Å². The lowest BCUT2D eigenvalue weighted by molar-refractivity contribution is 0.515. The highest BCUT2D eigenvalue weighted by atomic mass is 19.1. The van der Waals surface area contributed by atoms with Crippen molar-refractivity contribution in [3.8, 4) is 17.3 Å². The average Bonchev–Trinajstić information content (AvgIpc) is 2.97. The standard InChI is InChI=1S/C23H18FN3O2/c1-13-6-16(10-25)7-14(2)22(13)19-8-17(15(3)11-26-19)12-27-20-5-4-18(24)9-21(20)29-23(27)28/h4-9,11H,12H2,1-3H3. The van der Waals surface area contributed by atoms with Crippen molar-refractivity contribution in [1.82, 2.24) is 9.55 Å². The number of pyridine rings is 1. The van der Waals surface area contributed by atoms with Crippen LogP contribution < -0.4 is 5.76 Å². The van der Waals surface area contributed by atoms with Crippen LogP contribution in [0.5, 0.6) is 0 Å². The first-order chi connectivity index (χ1) is 13.9. The molecule has 0 bridgehead atoms. The first-order valence-electron chi connectivity index (χ1n) is 9.13. The molecule has 0 radical (unpaired) electrons. The number of oxazole rings is 1. The summed E-state index contributed by atoms with van der Waals surface area (Å²) in [5.74, 6) is -0.985. The van der Waals surface area contributed by atoms with Gasteiger partial charge in [0.25, 0.3) is 0 Å². The van der Waals surface area contributed by atoms with E-state index in [-0.39, 0.29) is 12.1 Å². The van der Waals surface area contributed by atoms with Crippen LogP contribution in [0.1, 0.15) is 27.8 Å². The predicted molar refractivity (Wildman–Crippen MR) is 108 cm³/mol. The number of nitriles is 1. The van der Waals surface area contributed by atoms with Crippen molar-refractivity contribution in [3.63, 3.8) is 0 Å². The van der Waals surface area contributed by atoms with Crippen LogP contribution in [0.3, 0.4) is 0 Å². The minimum atomic E-state index is -0.533. The molecule has 0 aliphatic rings. The third-order valence-corrected chi connectivity index (χ3v) is 5.09. The molecule has 2 aromatic carbocycles. The Kier molecular flexibility index (Phi) is 4.51. The fourth-order valence-corrected chi connectivity index (χ4v) is 3.66. The Bertz CT molecular complexity index is 1340.